The molecule has 0 bridgehead atoms. The summed E-state index contributed by atoms with van der Waals surface area (Å²) in [5.41, 5.74) is 8.98. The van der Waals surface area contributed by atoms with Crippen LogP contribution in [0.4, 0.5) is 4.39 Å². The Bertz CT molecular complexity index is 659. The van der Waals surface area contributed by atoms with E-state index in [0.29, 0.717) is 5.56 Å². The molecule has 3 rings (SSSR count). The van der Waals surface area contributed by atoms with Crippen molar-refractivity contribution in [3.8, 4) is 5.75 Å². The monoisotopic (exact) mass is 305 g/mol. The predicted octanol–water partition coefficient (Wildman–Crippen LogP) is 4.39. The van der Waals surface area contributed by atoms with E-state index in [1.54, 1.807) is 12.1 Å². The van der Waals surface area contributed by atoms with Crippen molar-refractivity contribution in [1.82, 2.24) is 0 Å². The first kappa shape index (κ1) is 14.4. The summed E-state index contributed by atoms with van der Waals surface area (Å²) >= 11 is 5.76. The molecule has 110 valence electrons. The lowest BCUT2D eigenvalue weighted by Crippen LogP contribution is -2.17. The SMILES string of the molecule is NC1CCCc2cc(OCc3cccc(Cl)c3F)ccc21. The quantitative estimate of drug-likeness (QED) is 0.912. The minimum atomic E-state index is -0.417. The predicted molar refractivity (Wildman–Crippen MR) is 82.1 cm³/mol. The first-order chi connectivity index (χ1) is 10.1. The van der Waals surface area contributed by atoms with Crippen molar-refractivity contribution in [2.45, 2.75) is 31.9 Å². The molecule has 2 aromatic carbocycles. The van der Waals surface area contributed by atoms with Gasteiger partial charge in [0.15, 0.2) is 0 Å². The van der Waals surface area contributed by atoms with Crippen LogP contribution in [0.1, 0.15) is 35.6 Å². The number of nitrogens with two attached hydrogens (primary N) is 1. The fourth-order valence-corrected chi connectivity index (χ4v) is 2.93. The number of hydrogen-bond acceptors (Lipinski definition) is 2. The third-order valence-corrected chi connectivity index (χ3v) is 4.19. The van der Waals surface area contributed by atoms with Crippen LogP contribution in [0.15, 0.2) is 36.4 Å². The van der Waals surface area contributed by atoms with Crippen molar-refractivity contribution < 1.29 is 9.13 Å². The molecule has 0 saturated carbocycles. The van der Waals surface area contributed by atoms with Crippen LogP contribution < -0.4 is 10.5 Å². The fourth-order valence-electron chi connectivity index (χ4n) is 2.74. The molecule has 2 N–H and O–H groups in total. The van der Waals surface area contributed by atoms with E-state index in [9.17, 15) is 4.39 Å². The van der Waals surface area contributed by atoms with Crippen LogP contribution in [0, 0.1) is 5.82 Å². The van der Waals surface area contributed by atoms with Gasteiger partial charge in [0.1, 0.15) is 18.2 Å². The van der Waals surface area contributed by atoms with Crippen molar-refractivity contribution in [2.75, 3.05) is 0 Å². The number of halogens is 2. The van der Waals surface area contributed by atoms with E-state index in [1.807, 2.05) is 18.2 Å². The van der Waals surface area contributed by atoms with Crippen LogP contribution in [0.25, 0.3) is 0 Å². The molecule has 0 aliphatic heterocycles. The molecule has 1 atom stereocenters. The highest BCUT2D eigenvalue weighted by Gasteiger charge is 2.17. The van der Waals surface area contributed by atoms with E-state index in [-0.39, 0.29) is 17.7 Å². The molecule has 4 heteroatoms. The lowest BCUT2D eigenvalue weighted by Gasteiger charge is -2.22. The van der Waals surface area contributed by atoms with Gasteiger partial charge < -0.3 is 10.5 Å². The Labute approximate surface area is 128 Å². The van der Waals surface area contributed by atoms with Crippen molar-refractivity contribution in [1.29, 1.82) is 0 Å². The average Bonchev–Trinajstić information content (AvgIpc) is 2.49. The smallest absolute Gasteiger partial charge is 0.148 e. The maximum absolute atomic E-state index is 13.8. The molecule has 1 unspecified atom stereocenters. The maximum atomic E-state index is 13.8. The third kappa shape index (κ3) is 3.04. The number of rotatable bonds is 3. The Morgan fingerprint density at radius 2 is 2.14 bits per heavy atom. The second kappa shape index (κ2) is 6.04. The zero-order valence-corrected chi connectivity index (χ0v) is 12.4. The Balaban J connectivity index is 1.75. The Hall–Kier alpha value is -1.58. The van der Waals surface area contributed by atoms with Crippen molar-refractivity contribution in [3.63, 3.8) is 0 Å². The molecular formula is C17H17ClFNO. The molecule has 0 saturated heterocycles. The van der Waals surface area contributed by atoms with Crippen molar-refractivity contribution in [3.05, 3.63) is 63.9 Å². The van der Waals surface area contributed by atoms with Crippen LogP contribution in [-0.2, 0) is 13.0 Å². The summed E-state index contributed by atoms with van der Waals surface area (Å²) in [7, 11) is 0. The van der Waals surface area contributed by atoms with E-state index in [1.165, 1.54) is 17.2 Å². The Morgan fingerprint density at radius 1 is 1.29 bits per heavy atom. The third-order valence-electron chi connectivity index (χ3n) is 3.90. The summed E-state index contributed by atoms with van der Waals surface area (Å²) in [4.78, 5) is 0. The lowest BCUT2D eigenvalue weighted by atomic mass is 9.88. The van der Waals surface area contributed by atoms with Gasteiger partial charge in [-0.2, -0.15) is 0 Å². The van der Waals surface area contributed by atoms with Gasteiger partial charge in [-0.05, 0) is 48.6 Å². The average molecular weight is 306 g/mol. The van der Waals surface area contributed by atoms with Gasteiger partial charge in [0.25, 0.3) is 0 Å². The molecule has 2 aromatic rings. The number of aryl methyl sites for hydroxylation is 1. The molecule has 2 nitrogen and oxygen atoms in total. The van der Waals surface area contributed by atoms with Gasteiger partial charge >= 0.3 is 0 Å². The molecule has 0 aromatic heterocycles. The normalized spacial score (nSPS) is 17.4. The zero-order valence-electron chi connectivity index (χ0n) is 11.6. The van der Waals surface area contributed by atoms with Gasteiger partial charge in [-0.25, -0.2) is 4.39 Å². The maximum Gasteiger partial charge on any atom is 0.148 e. The van der Waals surface area contributed by atoms with Crippen molar-refractivity contribution in [2.24, 2.45) is 5.73 Å². The summed E-state index contributed by atoms with van der Waals surface area (Å²) in [6, 6.07) is 11.0. The highest BCUT2D eigenvalue weighted by atomic mass is 35.5. The molecule has 1 aliphatic carbocycles. The van der Waals surface area contributed by atoms with Gasteiger partial charge in [-0.3, -0.25) is 0 Å². The van der Waals surface area contributed by atoms with Crippen LogP contribution in [0.3, 0.4) is 0 Å². The van der Waals surface area contributed by atoms with Gasteiger partial charge in [0, 0.05) is 11.6 Å². The summed E-state index contributed by atoms with van der Waals surface area (Å²) in [5.74, 6) is 0.321. The van der Waals surface area contributed by atoms with Crippen LogP contribution in [0.5, 0.6) is 5.75 Å². The minimum Gasteiger partial charge on any atom is -0.489 e. The molecule has 0 heterocycles. The van der Waals surface area contributed by atoms with E-state index >= 15 is 0 Å². The molecular weight excluding hydrogens is 289 g/mol. The van der Waals surface area contributed by atoms with Gasteiger partial charge in [-0.15, -0.1) is 0 Å². The number of benzene rings is 2. The van der Waals surface area contributed by atoms with Crippen molar-refractivity contribution >= 4 is 11.6 Å². The largest absolute Gasteiger partial charge is 0.489 e. The Kier molecular flexibility index (Phi) is 4.13. The van der Waals surface area contributed by atoms with Gasteiger partial charge in [0.05, 0.1) is 5.02 Å². The second-order valence-corrected chi connectivity index (χ2v) is 5.77. The zero-order chi connectivity index (χ0) is 14.8. The minimum absolute atomic E-state index is 0.118. The van der Waals surface area contributed by atoms with E-state index in [4.69, 9.17) is 22.1 Å². The standard InChI is InChI=1S/C17H17ClFNO/c18-15-5-1-4-12(17(15)19)10-21-13-7-8-14-11(9-13)3-2-6-16(14)20/h1,4-5,7-9,16H,2-3,6,10,20H2. The molecule has 1 aliphatic rings. The highest BCUT2D eigenvalue weighted by molar-refractivity contribution is 6.30. The fraction of sp³-hybridized carbons (Fsp3) is 0.294. The van der Waals surface area contributed by atoms with Crippen LogP contribution >= 0.6 is 11.6 Å². The van der Waals surface area contributed by atoms with E-state index in [2.05, 4.69) is 0 Å². The molecule has 0 amide bonds. The Morgan fingerprint density at radius 3 is 3.00 bits per heavy atom. The summed E-state index contributed by atoms with van der Waals surface area (Å²) in [6.45, 7) is 0.164. The van der Waals surface area contributed by atoms with Gasteiger partial charge in [0.2, 0.25) is 0 Å². The lowest BCUT2D eigenvalue weighted by molar-refractivity contribution is 0.299. The van der Waals surface area contributed by atoms with E-state index < -0.39 is 5.82 Å². The highest BCUT2D eigenvalue weighted by Crippen LogP contribution is 2.31. The summed E-state index contributed by atoms with van der Waals surface area (Å²) < 4.78 is 19.5. The van der Waals surface area contributed by atoms with Crippen LogP contribution in [0.2, 0.25) is 5.02 Å². The number of fused-ring (bicyclic) bond motifs is 1. The van der Waals surface area contributed by atoms with Crippen LogP contribution in [-0.4, -0.2) is 0 Å². The number of ether oxygens (including phenoxy) is 1. The van der Waals surface area contributed by atoms with E-state index in [0.717, 1.165) is 25.0 Å². The molecule has 0 radical (unpaired) electrons. The molecule has 21 heavy (non-hydrogen) atoms. The topological polar surface area (TPSA) is 35.2 Å². The van der Waals surface area contributed by atoms with Gasteiger partial charge in [-0.1, -0.05) is 29.8 Å². The molecule has 0 fully saturated rings. The summed E-state index contributed by atoms with van der Waals surface area (Å²) in [5, 5.41) is 0.118. The summed E-state index contributed by atoms with van der Waals surface area (Å²) in [6.07, 6.45) is 3.15. The second-order valence-electron chi connectivity index (χ2n) is 5.36. The molecule has 0 spiro atoms. The first-order valence-corrected chi connectivity index (χ1v) is 7.47. The number of hydrogen-bond donors (Lipinski definition) is 1. The first-order valence-electron chi connectivity index (χ1n) is 7.09.